The fourth-order valence-electron chi connectivity index (χ4n) is 3.91. The zero-order chi connectivity index (χ0) is 15.4. The zero-order valence-electron chi connectivity index (χ0n) is 12.4. The van der Waals surface area contributed by atoms with Gasteiger partial charge in [0.15, 0.2) is 0 Å². The molecule has 4 unspecified atom stereocenters. The minimum absolute atomic E-state index is 0.192. The van der Waals surface area contributed by atoms with Gasteiger partial charge in [-0.1, -0.05) is 0 Å². The van der Waals surface area contributed by atoms with Gasteiger partial charge in [0.2, 0.25) is 0 Å². The Balaban J connectivity index is 1.70. The van der Waals surface area contributed by atoms with Crippen molar-refractivity contribution in [2.45, 2.75) is 44.1 Å². The van der Waals surface area contributed by atoms with E-state index < -0.39 is 0 Å². The van der Waals surface area contributed by atoms with E-state index in [1.165, 1.54) is 0 Å². The second-order valence-electron chi connectivity index (χ2n) is 6.44. The Kier molecular flexibility index (Phi) is 3.54. The van der Waals surface area contributed by atoms with Crippen molar-refractivity contribution in [3.05, 3.63) is 21.2 Å². The van der Waals surface area contributed by atoms with Crippen LogP contribution in [0.15, 0.2) is 4.47 Å². The molecule has 3 aliphatic rings. The number of hydrogen-bond donors (Lipinski definition) is 0. The molecule has 116 valence electrons. The minimum Gasteiger partial charge on any atom is -0.493 e. The second-order valence-corrected chi connectivity index (χ2v) is 7.92. The molecule has 1 aromatic rings. The highest BCUT2D eigenvalue weighted by atomic mass is 79.9. The third kappa shape index (κ3) is 2.13. The molecule has 1 fully saturated rings. The first-order valence-corrected chi connectivity index (χ1v) is 9.01. The molecule has 5 heteroatoms. The molecular formula is C17H17BrClNO2. The van der Waals surface area contributed by atoms with Gasteiger partial charge in [-0.3, -0.25) is 0 Å². The van der Waals surface area contributed by atoms with Crippen molar-refractivity contribution in [1.29, 1.82) is 5.26 Å². The van der Waals surface area contributed by atoms with Crippen molar-refractivity contribution in [3.8, 4) is 17.6 Å². The van der Waals surface area contributed by atoms with Crippen molar-refractivity contribution in [3.63, 3.8) is 0 Å². The lowest BCUT2D eigenvalue weighted by atomic mass is 9.95. The lowest BCUT2D eigenvalue weighted by molar-refractivity contribution is 0.199. The van der Waals surface area contributed by atoms with E-state index in [0.717, 1.165) is 51.9 Å². The van der Waals surface area contributed by atoms with E-state index in [4.69, 9.17) is 21.1 Å². The van der Waals surface area contributed by atoms with Crippen LogP contribution in [0.5, 0.6) is 11.5 Å². The van der Waals surface area contributed by atoms with Crippen LogP contribution in [0.3, 0.4) is 0 Å². The Morgan fingerprint density at radius 3 is 2.91 bits per heavy atom. The van der Waals surface area contributed by atoms with E-state index in [1.807, 2.05) is 0 Å². The molecule has 1 aliphatic carbocycles. The number of rotatable bonds is 3. The molecule has 0 N–H and O–H groups in total. The lowest BCUT2D eigenvalue weighted by Crippen LogP contribution is -2.18. The number of hydrogen-bond acceptors (Lipinski definition) is 3. The molecule has 2 heterocycles. The van der Waals surface area contributed by atoms with Crippen molar-refractivity contribution in [1.82, 2.24) is 0 Å². The van der Waals surface area contributed by atoms with Gasteiger partial charge in [0, 0.05) is 40.8 Å². The summed E-state index contributed by atoms with van der Waals surface area (Å²) in [6.07, 6.45) is 3.46. The van der Waals surface area contributed by atoms with Gasteiger partial charge in [-0.05, 0) is 35.2 Å². The van der Waals surface area contributed by atoms with Crippen LogP contribution < -0.4 is 9.47 Å². The number of alkyl halides is 1. The maximum Gasteiger partial charge on any atom is 0.138 e. The van der Waals surface area contributed by atoms with Crippen molar-refractivity contribution >= 4 is 27.5 Å². The average Bonchev–Trinajstić information content (AvgIpc) is 2.95. The smallest absolute Gasteiger partial charge is 0.138 e. The maximum absolute atomic E-state index is 9.18. The number of ether oxygens (including phenoxy) is 2. The highest BCUT2D eigenvalue weighted by Crippen LogP contribution is 2.54. The quantitative estimate of drug-likeness (QED) is 0.742. The summed E-state index contributed by atoms with van der Waals surface area (Å²) in [5.74, 6) is 2.95. The van der Waals surface area contributed by atoms with Crippen molar-refractivity contribution < 1.29 is 9.47 Å². The number of nitrogens with zero attached hydrogens (tertiary/aromatic N) is 1. The highest BCUT2D eigenvalue weighted by molar-refractivity contribution is 9.10. The Morgan fingerprint density at radius 2 is 2.23 bits per heavy atom. The minimum atomic E-state index is 0.192. The predicted octanol–water partition coefficient (Wildman–Crippen LogP) is 4.02. The average molecular weight is 383 g/mol. The van der Waals surface area contributed by atoms with Gasteiger partial charge in [0.05, 0.1) is 23.6 Å². The van der Waals surface area contributed by atoms with Crippen LogP contribution in [0, 0.1) is 23.2 Å². The molecule has 1 aromatic carbocycles. The molecular weight excluding hydrogens is 366 g/mol. The Morgan fingerprint density at radius 1 is 1.41 bits per heavy atom. The van der Waals surface area contributed by atoms with Crippen LogP contribution in [0.4, 0.5) is 0 Å². The number of benzene rings is 1. The molecule has 4 rings (SSSR count). The molecule has 0 amide bonds. The van der Waals surface area contributed by atoms with Gasteiger partial charge < -0.3 is 9.47 Å². The molecule has 2 aliphatic heterocycles. The number of fused-ring (bicyclic) bond motifs is 2. The van der Waals surface area contributed by atoms with Crippen LogP contribution in [-0.4, -0.2) is 18.1 Å². The van der Waals surface area contributed by atoms with Gasteiger partial charge >= 0.3 is 0 Å². The molecule has 0 radical (unpaired) electrons. The summed E-state index contributed by atoms with van der Waals surface area (Å²) in [5.41, 5.74) is 3.35. The predicted molar refractivity (Wildman–Crippen MR) is 87.7 cm³/mol. The van der Waals surface area contributed by atoms with E-state index in [0.29, 0.717) is 24.9 Å². The number of halogens is 2. The van der Waals surface area contributed by atoms with E-state index in [-0.39, 0.29) is 11.5 Å². The maximum atomic E-state index is 9.18. The molecule has 4 atom stereocenters. The Labute approximate surface area is 143 Å². The fraction of sp³-hybridized carbons (Fsp3) is 0.588. The van der Waals surface area contributed by atoms with Gasteiger partial charge in [-0.2, -0.15) is 5.26 Å². The van der Waals surface area contributed by atoms with E-state index in [2.05, 4.69) is 28.9 Å². The van der Waals surface area contributed by atoms with E-state index >= 15 is 0 Å². The highest BCUT2D eigenvalue weighted by Gasteiger charge is 2.49. The van der Waals surface area contributed by atoms with Crippen molar-refractivity contribution in [2.75, 3.05) is 6.61 Å². The zero-order valence-corrected chi connectivity index (χ0v) is 14.7. The normalized spacial score (nSPS) is 29.1. The van der Waals surface area contributed by atoms with Gasteiger partial charge in [0.1, 0.15) is 17.6 Å². The monoisotopic (exact) mass is 381 g/mol. The van der Waals surface area contributed by atoms with Crippen LogP contribution in [0.1, 0.15) is 30.0 Å². The molecule has 0 saturated heterocycles. The first kappa shape index (κ1) is 14.7. The molecule has 0 bridgehead atoms. The van der Waals surface area contributed by atoms with Gasteiger partial charge in [-0.25, -0.2) is 0 Å². The van der Waals surface area contributed by atoms with Gasteiger partial charge in [-0.15, -0.1) is 11.6 Å². The molecule has 0 aromatic heterocycles. The summed E-state index contributed by atoms with van der Waals surface area (Å²) >= 11 is 9.92. The topological polar surface area (TPSA) is 42.2 Å². The Hall–Kier alpha value is -0.920. The second kappa shape index (κ2) is 5.32. The summed E-state index contributed by atoms with van der Waals surface area (Å²) in [6.45, 7) is 2.75. The molecule has 3 nitrogen and oxygen atoms in total. The third-order valence-corrected chi connectivity index (χ3v) is 6.30. The van der Waals surface area contributed by atoms with Gasteiger partial charge in [0.25, 0.3) is 0 Å². The standard InChI is InChI=1S/C17H17BrClNO2/c1-8(19)11-6-12(11)14-7-13-9(2-4-20)16-10(3-5-21-16)15(18)17(13)22-14/h8,11-12,14H,2-3,5-7H2,1H3. The third-order valence-electron chi connectivity index (χ3n) is 5.14. The van der Waals surface area contributed by atoms with Crippen LogP contribution in [0.2, 0.25) is 0 Å². The molecule has 1 saturated carbocycles. The summed E-state index contributed by atoms with van der Waals surface area (Å²) in [5, 5.41) is 9.38. The summed E-state index contributed by atoms with van der Waals surface area (Å²) in [7, 11) is 0. The van der Waals surface area contributed by atoms with Crippen LogP contribution in [0.25, 0.3) is 0 Å². The first-order chi connectivity index (χ1) is 10.6. The molecule has 0 spiro atoms. The summed E-state index contributed by atoms with van der Waals surface area (Å²) in [4.78, 5) is 0. The van der Waals surface area contributed by atoms with E-state index in [1.54, 1.807) is 0 Å². The summed E-state index contributed by atoms with van der Waals surface area (Å²) in [6, 6.07) is 2.28. The van der Waals surface area contributed by atoms with Crippen LogP contribution >= 0.6 is 27.5 Å². The summed E-state index contributed by atoms with van der Waals surface area (Å²) < 4.78 is 13.1. The lowest BCUT2D eigenvalue weighted by Gasteiger charge is -2.13. The first-order valence-electron chi connectivity index (χ1n) is 7.78. The van der Waals surface area contributed by atoms with Crippen LogP contribution in [-0.2, 0) is 19.3 Å². The fourth-order valence-corrected chi connectivity index (χ4v) is 4.91. The largest absolute Gasteiger partial charge is 0.493 e. The van der Waals surface area contributed by atoms with E-state index in [9.17, 15) is 5.26 Å². The number of nitriles is 1. The van der Waals surface area contributed by atoms with Crippen molar-refractivity contribution in [2.24, 2.45) is 11.8 Å². The SMILES string of the molecule is CC(Cl)C1CC1C1Cc2c(CC#N)c3c(c(Br)c2O1)CCO3. The Bertz CT molecular complexity index is 682. The molecule has 22 heavy (non-hydrogen) atoms.